The molecule has 1 fully saturated rings. The van der Waals surface area contributed by atoms with Crippen LogP contribution < -0.4 is 10.6 Å². The van der Waals surface area contributed by atoms with Crippen LogP contribution in [0, 0.1) is 11.8 Å². The lowest BCUT2D eigenvalue weighted by atomic mass is 9.93. The van der Waals surface area contributed by atoms with Gasteiger partial charge >= 0.3 is 6.18 Å². The van der Waals surface area contributed by atoms with Crippen molar-refractivity contribution in [3.8, 4) is 0 Å². The fraction of sp³-hybridized carbons (Fsp3) is 0.588. The summed E-state index contributed by atoms with van der Waals surface area (Å²) in [7, 11) is 0. The van der Waals surface area contributed by atoms with Crippen molar-refractivity contribution in [3.63, 3.8) is 0 Å². The highest BCUT2D eigenvalue weighted by molar-refractivity contribution is 5.79. The molecule has 128 valence electrons. The van der Waals surface area contributed by atoms with E-state index in [2.05, 4.69) is 17.6 Å². The highest BCUT2D eigenvalue weighted by Gasteiger charge is 2.30. The Morgan fingerprint density at radius 1 is 1.43 bits per heavy atom. The van der Waals surface area contributed by atoms with Crippen molar-refractivity contribution in [1.29, 1.82) is 0 Å². The zero-order valence-corrected chi connectivity index (χ0v) is 13.4. The summed E-state index contributed by atoms with van der Waals surface area (Å²) in [4.78, 5) is 12.3. The Morgan fingerprint density at radius 3 is 2.83 bits per heavy atom. The number of halogens is 3. The van der Waals surface area contributed by atoms with Crippen LogP contribution in [0.4, 0.5) is 13.2 Å². The van der Waals surface area contributed by atoms with E-state index in [1.165, 1.54) is 6.07 Å². The molecule has 23 heavy (non-hydrogen) atoms. The number of hydrogen-bond acceptors (Lipinski definition) is 2. The maximum absolute atomic E-state index is 12.7. The zero-order chi connectivity index (χ0) is 17.0. The van der Waals surface area contributed by atoms with Crippen LogP contribution in [0.1, 0.15) is 31.4 Å². The van der Waals surface area contributed by atoms with E-state index in [1.807, 2.05) is 0 Å². The predicted octanol–water partition coefficient (Wildman–Crippen LogP) is 3.00. The van der Waals surface area contributed by atoms with E-state index in [0.29, 0.717) is 17.9 Å². The topological polar surface area (TPSA) is 41.1 Å². The van der Waals surface area contributed by atoms with E-state index in [1.54, 1.807) is 13.0 Å². The highest BCUT2D eigenvalue weighted by atomic mass is 19.4. The largest absolute Gasteiger partial charge is 0.416 e. The number of amides is 1. The van der Waals surface area contributed by atoms with Crippen molar-refractivity contribution in [2.75, 3.05) is 13.1 Å². The third-order valence-corrected chi connectivity index (χ3v) is 4.40. The molecule has 0 spiro atoms. The summed E-state index contributed by atoms with van der Waals surface area (Å²) < 4.78 is 38.2. The zero-order valence-electron chi connectivity index (χ0n) is 13.4. The van der Waals surface area contributed by atoms with Gasteiger partial charge in [-0.15, -0.1) is 0 Å². The van der Waals surface area contributed by atoms with E-state index in [-0.39, 0.29) is 17.9 Å². The number of rotatable bonds is 4. The summed E-state index contributed by atoms with van der Waals surface area (Å²) in [6, 6.07) is 5.26. The van der Waals surface area contributed by atoms with Crippen LogP contribution in [0.3, 0.4) is 0 Å². The third-order valence-electron chi connectivity index (χ3n) is 4.40. The van der Waals surface area contributed by atoms with Gasteiger partial charge in [-0.05, 0) is 36.9 Å². The van der Waals surface area contributed by atoms with Crippen molar-refractivity contribution in [2.24, 2.45) is 11.8 Å². The summed E-state index contributed by atoms with van der Waals surface area (Å²) in [5.41, 5.74) is -0.148. The van der Waals surface area contributed by atoms with Crippen molar-refractivity contribution < 1.29 is 18.0 Å². The number of piperidine rings is 1. The first-order valence-corrected chi connectivity index (χ1v) is 7.94. The van der Waals surface area contributed by atoms with Crippen LogP contribution >= 0.6 is 0 Å². The van der Waals surface area contributed by atoms with Crippen molar-refractivity contribution >= 4 is 5.91 Å². The normalized spacial score (nSPS) is 23.3. The Kier molecular flexibility index (Phi) is 5.68. The maximum Gasteiger partial charge on any atom is 0.416 e. The molecule has 3 atom stereocenters. The van der Waals surface area contributed by atoms with Crippen LogP contribution in [0.25, 0.3) is 0 Å². The SMILES string of the molecule is CC(Cc1cccc(C(F)(F)F)c1)C(=O)NC1CNCCC1C. The Hall–Kier alpha value is -1.56. The van der Waals surface area contributed by atoms with Gasteiger partial charge in [-0.3, -0.25) is 4.79 Å². The van der Waals surface area contributed by atoms with Gasteiger partial charge in [0.2, 0.25) is 5.91 Å². The van der Waals surface area contributed by atoms with Crippen LogP contribution in [0.15, 0.2) is 24.3 Å². The van der Waals surface area contributed by atoms with Gasteiger partial charge in [-0.25, -0.2) is 0 Å². The molecule has 0 saturated carbocycles. The second kappa shape index (κ2) is 7.34. The van der Waals surface area contributed by atoms with Gasteiger partial charge in [-0.2, -0.15) is 13.2 Å². The smallest absolute Gasteiger partial charge is 0.352 e. The van der Waals surface area contributed by atoms with E-state index >= 15 is 0 Å². The number of hydrogen-bond donors (Lipinski definition) is 2. The lowest BCUT2D eigenvalue weighted by molar-refractivity contribution is -0.137. The van der Waals surface area contributed by atoms with Crippen molar-refractivity contribution in [2.45, 2.75) is 38.9 Å². The lowest BCUT2D eigenvalue weighted by Gasteiger charge is -2.31. The summed E-state index contributed by atoms with van der Waals surface area (Å²) in [5.74, 6) is -0.0727. The molecule has 1 amide bonds. The average molecular weight is 328 g/mol. The Balaban J connectivity index is 1.95. The van der Waals surface area contributed by atoms with Gasteiger partial charge in [0.1, 0.15) is 0 Å². The van der Waals surface area contributed by atoms with Gasteiger partial charge in [0.25, 0.3) is 0 Å². The van der Waals surface area contributed by atoms with Gasteiger partial charge in [0.15, 0.2) is 0 Å². The molecule has 0 radical (unpaired) electrons. The van der Waals surface area contributed by atoms with Gasteiger partial charge in [-0.1, -0.05) is 32.0 Å². The van der Waals surface area contributed by atoms with E-state index in [9.17, 15) is 18.0 Å². The minimum absolute atomic E-state index is 0.0835. The molecule has 1 aliphatic rings. The molecule has 6 heteroatoms. The first-order chi connectivity index (χ1) is 10.8. The van der Waals surface area contributed by atoms with Gasteiger partial charge < -0.3 is 10.6 Å². The molecule has 0 aromatic heterocycles. The monoisotopic (exact) mass is 328 g/mol. The van der Waals surface area contributed by atoms with E-state index in [0.717, 1.165) is 31.6 Å². The van der Waals surface area contributed by atoms with E-state index in [4.69, 9.17) is 0 Å². The Labute approximate surface area is 134 Å². The minimum atomic E-state index is -4.36. The number of benzene rings is 1. The second-order valence-corrected chi connectivity index (χ2v) is 6.39. The van der Waals surface area contributed by atoms with Crippen LogP contribution in [-0.4, -0.2) is 25.0 Å². The summed E-state index contributed by atoms with van der Waals surface area (Å²) in [6.07, 6.45) is -3.05. The molecule has 1 aromatic rings. The molecule has 1 saturated heterocycles. The molecule has 2 rings (SSSR count). The first-order valence-electron chi connectivity index (χ1n) is 7.94. The highest BCUT2D eigenvalue weighted by Crippen LogP contribution is 2.30. The summed E-state index contributed by atoms with van der Waals surface area (Å²) in [5, 5.41) is 6.25. The molecular weight excluding hydrogens is 305 g/mol. The molecule has 2 N–H and O–H groups in total. The van der Waals surface area contributed by atoms with Crippen LogP contribution in [0.5, 0.6) is 0 Å². The molecule has 3 nitrogen and oxygen atoms in total. The predicted molar refractivity (Wildman–Crippen MR) is 82.9 cm³/mol. The Bertz CT molecular complexity index is 545. The average Bonchev–Trinajstić information content (AvgIpc) is 2.49. The fourth-order valence-electron chi connectivity index (χ4n) is 2.83. The molecule has 1 aromatic carbocycles. The molecule has 0 bridgehead atoms. The quantitative estimate of drug-likeness (QED) is 0.892. The van der Waals surface area contributed by atoms with Crippen molar-refractivity contribution in [1.82, 2.24) is 10.6 Å². The van der Waals surface area contributed by atoms with Crippen molar-refractivity contribution in [3.05, 3.63) is 35.4 Å². The summed E-state index contributed by atoms with van der Waals surface area (Å²) in [6.45, 7) is 5.54. The molecule has 3 unspecified atom stereocenters. The summed E-state index contributed by atoms with van der Waals surface area (Å²) >= 11 is 0. The fourth-order valence-corrected chi connectivity index (χ4v) is 2.83. The number of carbonyl (C=O) groups is 1. The van der Waals surface area contributed by atoms with E-state index < -0.39 is 11.7 Å². The van der Waals surface area contributed by atoms with Crippen LogP contribution in [-0.2, 0) is 17.4 Å². The Morgan fingerprint density at radius 2 is 2.17 bits per heavy atom. The maximum atomic E-state index is 12.7. The molecular formula is C17H23F3N2O. The third kappa shape index (κ3) is 4.96. The standard InChI is InChI=1S/C17H23F3N2O/c1-11-6-7-21-10-15(11)22-16(23)12(2)8-13-4-3-5-14(9-13)17(18,19)20/h3-5,9,11-12,15,21H,6-8,10H2,1-2H3,(H,22,23). The second-order valence-electron chi connectivity index (χ2n) is 6.39. The first kappa shape index (κ1) is 17.8. The van der Waals surface area contributed by atoms with Crippen LogP contribution in [0.2, 0.25) is 0 Å². The number of carbonyl (C=O) groups excluding carboxylic acids is 1. The number of nitrogens with one attached hydrogen (secondary N) is 2. The molecule has 1 aliphatic heterocycles. The van der Waals surface area contributed by atoms with Gasteiger partial charge in [0.05, 0.1) is 5.56 Å². The minimum Gasteiger partial charge on any atom is -0.352 e. The molecule has 1 heterocycles. The van der Waals surface area contributed by atoms with Gasteiger partial charge in [0, 0.05) is 18.5 Å². The molecule has 0 aliphatic carbocycles. The lowest BCUT2D eigenvalue weighted by Crippen LogP contribution is -2.51. The number of alkyl halides is 3.